The third-order valence-corrected chi connectivity index (χ3v) is 5.63. The highest BCUT2D eigenvalue weighted by Gasteiger charge is 2.15. The van der Waals surface area contributed by atoms with E-state index in [4.69, 9.17) is 4.74 Å². The predicted molar refractivity (Wildman–Crippen MR) is 122 cm³/mol. The van der Waals surface area contributed by atoms with Gasteiger partial charge in [0.15, 0.2) is 5.16 Å². The van der Waals surface area contributed by atoms with E-state index in [1.807, 2.05) is 32.0 Å². The molecular weight excluding hydrogens is 414 g/mol. The Labute approximate surface area is 185 Å². The highest BCUT2D eigenvalue weighted by atomic mass is 32.2. The zero-order chi connectivity index (χ0) is 22.4. The first-order valence-electron chi connectivity index (χ1n) is 9.68. The Morgan fingerprint density at radius 2 is 1.77 bits per heavy atom. The molecular formula is C22H25N5O3S. The maximum absolute atomic E-state index is 12.3. The molecule has 0 bridgehead atoms. The number of hydrogen-bond donors (Lipinski definition) is 2. The molecule has 2 N–H and O–H groups in total. The zero-order valence-electron chi connectivity index (χ0n) is 17.9. The van der Waals surface area contributed by atoms with Crippen LogP contribution >= 0.6 is 11.8 Å². The molecule has 0 aliphatic rings. The highest BCUT2D eigenvalue weighted by Crippen LogP contribution is 2.20. The molecule has 0 saturated heterocycles. The van der Waals surface area contributed by atoms with Crippen LogP contribution in [0.2, 0.25) is 0 Å². The number of benzene rings is 2. The van der Waals surface area contributed by atoms with Crippen LogP contribution in [0.25, 0.3) is 0 Å². The van der Waals surface area contributed by atoms with Crippen LogP contribution in [0.5, 0.6) is 5.75 Å². The number of carbonyl (C=O) groups is 2. The fraction of sp³-hybridized carbons (Fsp3) is 0.273. The summed E-state index contributed by atoms with van der Waals surface area (Å²) in [5.41, 5.74) is 3.63. The minimum absolute atomic E-state index is 0.0743. The Morgan fingerprint density at radius 1 is 1.03 bits per heavy atom. The number of nitrogens with one attached hydrogen (secondary N) is 2. The van der Waals surface area contributed by atoms with E-state index in [9.17, 15) is 9.59 Å². The van der Waals surface area contributed by atoms with Gasteiger partial charge in [-0.05, 0) is 49.7 Å². The topological polar surface area (TPSA) is 98.1 Å². The number of ether oxygens (including phenoxy) is 1. The number of rotatable bonds is 8. The molecule has 1 aromatic heterocycles. The average molecular weight is 440 g/mol. The second-order valence-electron chi connectivity index (χ2n) is 7.07. The summed E-state index contributed by atoms with van der Waals surface area (Å²) < 4.78 is 6.83. The Bertz CT molecular complexity index is 1080. The van der Waals surface area contributed by atoms with Crippen molar-refractivity contribution in [1.82, 2.24) is 14.8 Å². The molecule has 0 saturated carbocycles. The van der Waals surface area contributed by atoms with Gasteiger partial charge < -0.3 is 19.9 Å². The maximum atomic E-state index is 12.3. The van der Waals surface area contributed by atoms with Crippen LogP contribution in [-0.2, 0) is 23.1 Å². The van der Waals surface area contributed by atoms with Crippen molar-refractivity contribution < 1.29 is 14.3 Å². The summed E-state index contributed by atoms with van der Waals surface area (Å²) in [6, 6.07) is 13.0. The molecule has 2 aromatic carbocycles. The summed E-state index contributed by atoms with van der Waals surface area (Å²) in [5, 5.41) is 14.5. The van der Waals surface area contributed by atoms with Crippen molar-refractivity contribution in [2.24, 2.45) is 7.05 Å². The van der Waals surface area contributed by atoms with Gasteiger partial charge in [0.25, 0.3) is 0 Å². The van der Waals surface area contributed by atoms with Crippen LogP contribution in [0.3, 0.4) is 0 Å². The van der Waals surface area contributed by atoms with Gasteiger partial charge >= 0.3 is 0 Å². The van der Waals surface area contributed by atoms with Crippen molar-refractivity contribution in [1.29, 1.82) is 0 Å². The van der Waals surface area contributed by atoms with Crippen LogP contribution < -0.4 is 15.4 Å². The van der Waals surface area contributed by atoms with Gasteiger partial charge in [0.1, 0.15) is 11.6 Å². The van der Waals surface area contributed by atoms with Gasteiger partial charge in [-0.3, -0.25) is 9.59 Å². The summed E-state index contributed by atoms with van der Waals surface area (Å²) in [5.74, 6) is 1.10. The molecule has 0 aliphatic carbocycles. The van der Waals surface area contributed by atoms with Crippen LogP contribution in [0.4, 0.5) is 11.4 Å². The molecule has 9 heteroatoms. The highest BCUT2D eigenvalue weighted by molar-refractivity contribution is 7.99. The maximum Gasteiger partial charge on any atom is 0.234 e. The largest absolute Gasteiger partial charge is 0.497 e. The van der Waals surface area contributed by atoms with Crippen LogP contribution in [0.15, 0.2) is 47.6 Å². The summed E-state index contributed by atoms with van der Waals surface area (Å²) >= 11 is 1.27. The molecule has 1 heterocycles. The van der Waals surface area contributed by atoms with E-state index >= 15 is 0 Å². The molecule has 0 atom stereocenters. The van der Waals surface area contributed by atoms with E-state index in [1.165, 1.54) is 11.8 Å². The number of hydrogen-bond acceptors (Lipinski definition) is 6. The molecule has 162 valence electrons. The molecule has 2 amide bonds. The first-order chi connectivity index (χ1) is 14.9. The lowest BCUT2D eigenvalue weighted by Crippen LogP contribution is -2.17. The molecule has 0 aliphatic heterocycles. The second-order valence-corrected chi connectivity index (χ2v) is 8.01. The lowest BCUT2D eigenvalue weighted by Gasteiger charge is -2.09. The van der Waals surface area contributed by atoms with Crippen molar-refractivity contribution in [3.05, 3.63) is 59.4 Å². The van der Waals surface area contributed by atoms with E-state index < -0.39 is 0 Å². The minimum Gasteiger partial charge on any atom is -0.497 e. The number of amides is 2. The van der Waals surface area contributed by atoms with Gasteiger partial charge in [0, 0.05) is 18.4 Å². The van der Waals surface area contributed by atoms with Crippen LogP contribution in [-0.4, -0.2) is 39.4 Å². The molecule has 8 nitrogen and oxygen atoms in total. The van der Waals surface area contributed by atoms with Crippen molar-refractivity contribution in [2.45, 2.75) is 25.4 Å². The van der Waals surface area contributed by atoms with Gasteiger partial charge in [-0.25, -0.2) is 0 Å². The quantitative estimate of drug-likeness (QED) is 0.523. The molecule has 3 aromatic rings. The standard InChI is InChI=1S/C22H25N5O3S/c1-14-5-10-18(15(2)11-14)24-21(29)13-31-22-26-25-19(27(22)3)12-20(28)23-16-6-8-17(30-4)9-7-16/h5-11H,12-13H2,1-4H3,(H,23,28)(H,24,29). The van der Waals surface area contributed by atoms with E-state index in [0.29, 0.717) is 16.7 Å². The van der Waals surface area contributed by atoms with E-state index in [-0.39, 0.29) is 24.0 Å². The summed E-state index contributed by atoms with van der Waals surface area (Å²) in [6.07, 6.45) is 0.0743. The number of anilines is 2. The van der Waals surface area contributed by atoms with Gasteiger partial charge in [0.2, 0.25) is 11.8 Å². The summed E-state index contributed by atoms with van der Waals surface area (Å²) in [4.78, 5) is 24.6. The van der Waals surface area contributed by atoms with E-state index in [0.717, 1.165) is 22.6 Å². The SMILES string of the molecule is COc1ccc(NC(=O)Cc2nnc(SCC(=O)Nc3ccc(C)cc3C)n2C)cc1. The van der Waals surface area contributed by atoms with Gasteiger partial charge in [-0.15, -0.1) is 10.2 Å². The van der Waals surface area contributed by atoms with Crippen LogP contribution in [0, 0.1) is 13.8 Å². The first-order valence-corrected chi connectivity index (χ1v) is 10.7. The number of nitrogens with zero attached hydrogens (tertiary/aromatic N) is 3. The third-order valence-electron chi connectivity index (χ3n) is 4.61. The lowest BCUT2D eigenvalue weighted by molar-refractivity contribution is -0.116. The van der Waals surface area contributed by atoms with Crippen molar-refractivity contribution in [3.8, 4) is 5.75 Å². The number of thioether (sulfide) groups is 1. The fourth-order valence-corrected chi connectivity index (χ4v) is 3.65. The zero-order valence-corrected chi connectivity index (χ0v) is 18.7. The van der Waals surface area contributed by atoms with Crippen molar-refractivity contribution in [3.63, 3.8) is 0 Å². The normalized spacial score (nSPS) is 10.6. The monoisotopic (exact) mass is 439 g/mol. The minimum atomic E-state index is -0.204. The molecule has 31 heavy (non-hydrogen) atoms. The second kappa shape index (κ2) is 10.1. The van der Waals surface area contributed by atoms with Crippen molar-refractivity contribution in [2.75, 3.05) is 23.5 Å². The van der Waals surface area contributed by atoms with Gasteiger partial charge in [-0.2, -0.15) is 0 Å². The van der Waals surface area contributed by atoms with E-state index in [1.54, 1.807) is 43.0 Å². The smallest absolute Gasteiger partial charge is 0.234 e. The fourth-order valence-electron chi connectivity index (χ4n) is 2.92. The lowest BCUT2D eigenvalue weighted by atomic mass is 10.1. The predicted octanol–water partition coefficient (Wildman–Crippen LogP) is 3.35. The number of methoxy groups -OCH3 is 1. The number of aromatic nitrogens is 3. The first kappa shape index (κ1) is 22.4. The average Bonchev–Trinajstić information content (AvgIpc) is 3.08. The molecule has 3 rings (SSSR count). The molecule has 0 unspecified atom stereocenters. The third kappa shape index (κ3) is 6.08. The number of aryl methyl sites for hydroxylation is 2. The Balaban J connectivity index is 1.53. The molecule has 0 spiro atoms. The summed E-state index contributed by atoms with van der Waals surface area (Å²) in [7, 11) is 3.37. The van der Waals surface area contributed by atoms with Crippen molar-refractivity contribution >= 4 is 35.0 Å². The van der Waals surface area contributed by atoms with E-state index in [2.05, 4.69) is 20.8 Å². The number of carbonyl (C=O) groups excluding carboxylic acids is 2. The van der Waals surface area contributed by atoms with Gasteiger partial charge in [-0.1, -0.05) is 29.5 Å². The summed E-state index contributed by atoms with van der Waals surface area (Å²) in [6.45, 7) is 3.97. The van der Waals surface area contributed by atoms with Crippen LogP contribution in [0.1, 0.15) is 17.0 Å². The Kier molecular flexibility index (Phi) is 7.30. The molecule has 0 fully saturated rings. The van der Waals surface area contributed by atoms with Gasteiger partial charge in [0.05, 0.1) is 19.3 Å². The Morgan fingerprint density at radius 3 is 2.45 bits per heavy atom. The Hall–Kier alpha value is -3.33. The molecule has 0 radical (unpaired) electrons.